The highest BCUT2D eigenvalue weighted by Crippen LogP contribution is 2.46. The first-order chi connectivity index (χ1) is 68.3. The molecule has 3 aromatic heterocycles. The molecule has 12 atom stereocenters. The highest BCUT2D eigenvalue weighted by Gasteiger charge is 2.55. The van der Waals surface area contributed by atoms with Gasteiger partial charge in [-0.15, -0.1) is 0 Å². The molecule has 5 amide bonds. The van der Waals surface area contributed by atoms with Crippen LogP contribution in [-0.2, 0) is 105 Å². The molecule has 2 fully saturated rings. The molecule has 832 valence electrons. The van der Waals surface area contributed by atoms with Crippen LogP contribution in [0.25, 0.3) is 32.7 Å². The Morgan fingerprint density at radius 2 is 0.789 bits per heavy atom. The van der Waals surface area contributed by atoms with Gasteiger partial charge < -0.3 is 79.3 Å². The molecule has 0 aliphatic carbocycles. The minimum atomic E-state index is -4.64. The Hall–Kier alpha value is -9.76. The molecule has 7 N–H and O–H groups in total. The maximum atomic E-state index is 13.9. The number of aliphatic hydroxyl groups excluding tert-OH is 2. The predicted molar refractivity (Wildman–Crippen MR) is 561 cm³/mol. The summed E-state index contributed by atoms with van der Waals surface area (Å²) in [6.45, 7) is 58.7. The Labute approximate surface area is 870 Å². The van der Waals surface area contributed by atoms with Crippen molar-refractivity contribution in [2.45, 2.75) is 400 Å². The number of esters is 4. The number of methoxy groups -OCH3 is 3. The van der Waals surface area contributed by atoms with Crippen LogP contribution in [0.15, 0.2) is 73.2 Å². The number of carbonyl (C=O) groups is 10. The number of nitrogens with two attached hydrogens (primary N) is 1. The second kappa shape index (κ2) is 59.2. The number of aliphatic hydroxyl groups is 2. The van der Waals surface area contributed by atoms with Crippen LogP contribution in [0.4, 0.5) is 22.8 Å². The normalized spacial score (nSPS) is 17.5. The first kappa shape index (κ1) is 130. The minimum Gasteiger partial charge on any atom is -0.457 e. The summed E-state index contributed by atoms with van der Waals surface area (Å²) in [4.78, 5) is 124. The van der Waals surface area contributed by atoms with Crippen LogP contribution in [0, 0.1) is 51.8 Å². The molecule has 0 radical (unpaired) electrons. The molecule has 147 heavy (non-hydrogen) atoms. The minimum absolute atomic E-state index is 0.0346. The fraction of sp³-hybridized carbons (Fsp3) is 0.718. The summed E-state index contributed by atoms with van der Waals surface area (Å²) < 4.78 is 93.7. The number of fused-ring (bicyclic) bond motifs is 3. The van der Waals surface area contributed by atoms with Crippen molar-refractivity contribution in [3.63, 3.8) is 0 Å². The van der Waals surface area contributed by atoms with E-state index in [9.17, 15) is 66.5 Å². The maximum Gasteiger partial charge on any atom is 0.446 e. The average Bonchev–Trinajstić information content (AvgIpc) is 1.60. The molecule has 2 aliphatic rings. The van der Waals surface area contributed by atoms with Gasteiger partial charge >= 0.3 is 42.2 Å². The summed E-state index contributed by atoms with van der Waals surface area (Å²) in [6.07, 6.45) is 6.98. The van der Waals surface area contributed by atoms with E-state index in [1.807, 2.05) is 192 Å². The molecule has 8 rings (SSSR count). The predicted octanol–water partition coefficient (Wildman–Crippen LogP) is 19.5. The van der Waals surface area contributed by atoms with Gasteiger partial charge in [0.1, 0.15) is 34.9 Å². The van der Waals surface area contributed by atoms with Crippen LogP contribution in [0.1, 0.15) is 332 Å². The summed E-state index contributed by atoms with van der Waals surface area (Å²) in [5.74, 6) is -2.45. The average molecular weight is 2080 g/mol. The van der Waals surface area contributed by atoms with Gasteiger partial charge in [0.2, 0.25) is 24.0 Å². The van der Waals surface area contributed by atoms with E-state index in [0.717, 1.165) is 126 Å². The lowest BCUT2D eigenvalue weighted by Gasteiger charge is -2.38. The Kier molecular flexibility index (Phi) is 52.1. The van der Waals surface area contributed by atoms with Crippen molar-refractivity contribution >= 4 is 92.8 Å². The summed E-state index contributed by atoms with van der Waals surface area (Å²) in [5, 5.41) is 48.6. The van der Waals surface area contributed by atoms with E-state index < -0.39 is 136 Å². The molecular weight excluding hydrogens is 1900 g/mol. The second-order valence-electron chi connectivity index (χ2n) is 44.6. The van der Waals surface area contributed by atoms with E-state index >= 15 is 0 Å². The monoisotopic (exact) mass is 2080 g/mol. The van der Waals surface area contributed by atoms with E-state index in [1.54, 1.807) is 31.1 Å². The zero-order valence-corrected chi connectivity index (χ0v) is 94.0. The van der Waals surface area contributed by atoms with Crippen molar-refractivity contribution in [2.75, 3.05) is 60.8 Å². The lowest BCUT2D eigenvalue weighted by Crippen LogP contribution is -2.52. The topological polar surface area (TPSA) is 426 Å². The zero-order valence-electron chi connectivity index (χ0n) is 94.0. The van der Waals surface area contributed by atoms with Crippen LogP contribution in [0.3, 0.4) is 0 Å². The van der Waals surface area contributed by atoms with Crippen LogP contribution in [0.5, 0.6) is 0 Å². The molecule has 0 spiro atoms. The van der Waals surface area contributed by atoms with E-state index in [-0.39, 0.29) is 78.8 Å². The number of aromatic nitrogens is 6. The lowest BCUT2D eigenvalue weighted by molar-refractivity contribution is -0.157. The molecule has 37 heteroatoms. The zero-order chi connectivity index (χ0) is 111. The molecule has 2 saturated heterocycles. The van der Waals surface area contributed by atoms with Crippen molar-refractivity contribution in [3.8, 4) is 0 Å². The van der Waals surface area contributed by atoms with Crippen molar-refractivity contribution in [2.24, 2.45) is 57.5 Å². The lowest BCUT2D eigenvalue weighted by atomic mass is 9.80. The number of rotatable bonds is 48. The number of benzene rings is 3. The molecule has 3 aromatic carbocycles. The van der Waals surface area contributed by atoms with Gasteiger partial charge in [-0.25, -0.2) is 9.59 Å². The van der Waals surface area contributed by atoms with Gasteiger partial charge in [-0.2, -0.15) is 28.5 Å². The number of nitrogens with zero attached hydrogens (tertiary/aromatic N) is 8. The molecule has 3 unspecified atom stereocenters. The van der Waals surface area contributed by atoms with Gasteiger partial charge in [-0.1, -0.05) is 179 Å². The highest BCUT2D eigenvalue weighted by atomic mass is 19.4. The van der Waals surface area contributed by atoms with E-state index in [4.69, 9.17) is 53.2 Å². The molecule has 6 aromatic rings. The van der Waals surface area contributed by atoms with Gasteiger partial charge in [0.05, 0.1) is 71.6 Å². The third-order valence-corrected chi connectivity index (χ3v) is 26.4. The standard InChI is InChI=1S/C38H62N4O7.C36H60N4O6.C30H50N4O5.C4H6O3.C2HF3O/c1-13-14-18-37(8,9)34(44)39-24-32-31(42(38(10,11)48-32)35(45)49-36(5,6)7)22-29(25(2)3)33(47-26(4)43)27-16-17-28-23-40-41(30(28)21-27)19-15-20-46-12;1-12-13-17-35(7,8)32(42)37-23-30-29(40(36(9,10)45-30)33(43)46-34(4,5)6)21-27(24(2)3)31(41)25-15-16-26-22-38-39(28(26)20-25)18-14-19-44-11;1-8-9-13-30(5,6)29(37)32-19-27(36)25(31)17-24(20(2)3)28(39-21(4)35)22-11-12-23-18-33-34(26(23)16-22)14-10-15-38-7;1-3(5)7-4(2)6;3-2(4,5)1-6/h16-17,21,23,25,29,31-33H,13-15,18-20,22,24H2,1-12H3,(H,39,44);15-16,20,22,24,27,29-31,41H,12-14,17-19,21,23H2,1-11H3,(H,37,42);11-12,16,18,20,24-25,27-28,36H,8-10,13-15,17,19,31H2,1-7H3,(H,32,37);1-2H3;1H/t29-,31-,32-,33?;27-,29-,30-,31?;24-,25-,27-,28?;;/m000../s1. The van der Waals surface area contributed by atoms with Gasteiger partial charge in [-0.05, 0) is 186 Å². The number of unbranched alkanes of at least 4 members (excludes halogenated alkanes) is 3. The third-order valence-electron chi connectivity index (χ3n) is 26.4. The van der Waals surface area contributed by atoms with Crippen molar-refractivity contribution in [1.29, 1.82) is 0 Å². The summed E-state index contributed by atoms with van der Waals surface area (Å²) in [5.41, 5.74) is 6.84. The number of aryl methyl sites for hydroxylation is 3. The number of alkyl halides is 3. The van der Waals surface area contributed by atoms with E-state index in [2.05, 4.69) is 104 Å². The van der Waals surface area contributed by atoms with E-state index in [0.29, 0.717) is 58.7 Å². The number of hydrogen-bond donors (Lipinski definition) is 6. The molecule has 34 nitrogen and oxygen atoms in total. The Balaban J connectivity index is 0.000000433. The summed E-state index contributed by atoms with van der Waals surface area (Å²) in [7, 11) is 5.05. The fourth-order valence-corrected chi connectivity index (χ4v) is 18.3. The molecule has 0 saturated carbocycles. The Morgan fingerprint density at radius 1 is 0.476 bits per heavy atom. The smallest absolute Gasteiger partial charge is 0.446 e. The number of halogens is 3. The summed E-state index contributed by atoms with van der Waals surface area (Å²) in [6, 6.07) is 16.5. The quantitative estimate of drug-likeness (QED) is 0.00679. The maximum absolute atomic E-state index is 13.9. The number of amides is 5. The number of hydrogen-bond acceptors (Lipinski definition) is 26. The van der Waals surface area contributed by atoms with Crippen LogP contribution in [0.2, 0.25) is 0 Å². The highest BCUT2D eigenvalue weighted by molar-refractivity contribution is 5.85. The van der Waals surface area contributed by atoms with Crippen LogP contribution >= 0.6 is 0 Å². The van der Waals surface area contributed by atoms with Crippen molar-refractivity contribution in [1.82, 2.24) is 55.1 Å². The van der Waals surface area contributed by atoms with Crippen molar-refractivity contribution in [3.05, 3.63) is 89.9 Å². The molecule has 0 bridgehead atoms. The largest absolute Gasteiger partial charge is 0.457 e. The number of nitrogens with one attached hydrogen (secondary N) is 3. The van der Waals surface area contributed by atoms with Crippen LogP contribution in [-0.4, -0.2) is 235 Å². The first-order valence-corrected chi connectivity index (χ1v) is 52.1. The Bertz CT molecular complexity index is 5100. The molecule has 2 aliphatic heterocycles. The van der Waals surface area contributed by atoms with Gasteiger partial charge in [-0.3, -0.25) is 62.2 Å². The summed E-state index contributed by atoms with van der Waals surface area (Å²) >= 11 is 0. The third kappa shape index (κ3) is 41.8. The van der Waals surface area contributed by atoms with Gasteiger partial charge in [0.15, 0.2) is 0 Å². The van der Waals surface area contributed by atoms with E-state index in [1.165, 1.54) is 27.7 Å². The SMILES string of the molecule is CC(=O)OC(C)=O.CCCCC(C)(C)C(=O)NC[C@@H]1OC(C)(C)N(C(=O)OC(C)(C)C)[C@H]1C[C@@H](C(C)C)C(O)c1ccc2cnn(CCCOC)c2c1.CCCCC(C)(C)C(=O)NC[C@@H]1OC(C)(C)N(C(=O)OC(C)(C)C)[C@H]1C[C@@H](C(C)C)C(OC(C)=O)c1ccc2cnn(CCCOC)c2c1.CCCCC(C)(C)C(=O)NC[C@H](O)[C@@H](N)C[C@@H](C(C)C)C(OC(C)=O)c1ccc2cnn(CCCOC)c2c1.O=CC(F)(F)F. The molecule has 5 heterocycles. The number of carbonyl (C=O) groups excluding carboxylic acids is 10. The second-order valence-corrected chi connectivity index (χ2v) is 44.6. The number of aldehydes is 1. The van der Waals surface area contributed by atoms with Crippen LogP contribution < -0.4 is 21.7 Å². The van der Waals surface area contributed by atoms with Gasteiger partial charge in [0, 0.05) is 158 Å². The Morgan fingerprint density at radius 3 is 1.08 bits per heavy atom. The molecular formula is C110H179F3N12O22. The first-order valence-electron chi connectivity index (χ1n) is 52.1. The fourth-order valence-electron chi connectivity index (χ4n) is 18.3. The van der Waals surface area contributed by atoms with Gasteiger partial charge in [0.25, 0.3) is 0 Å². The van der Waals surface area contributed by atoms with Crippen molar-refractivity contribution < 1.29 is 119 Å². The number of ether oxygens (including phenoxy) is 10.